The molecule has 9 heteroatoms. The Kier molecular flexibility index (Phi) is 6.51. The number of ether oxygens (including phenoxy) is 1. The lowest BCUT2D eigenvalue weighted by Gasteiger charge is -2.26. The summed E-state index contributed by atoms with van der Waals surface area (Å²) in [7, 11) is 0. The van der Waals surface area contributed by atoms with Crippen LogP contribution in [-0.2, 0) is 4.79 Å². The van der Waals surface area contributed by atoms with E-state index in [1.165, 1.54) is 24.3 Å². The van der Waals surface area contributed by atoms with Crippen LogP contribution in [0.4, 0.5) is 5.69 Å². The quantitative estimate of drug-likeness (QED) is 0.366. The van der Waals surface area contributed by atoms with Gasteiger partial charge in [-0.25, -0.2) is 0 Å². The van der Waals surface area contributed by atoms with E-state index < -0.39 is 14.9 Å². The first-order valence-corrected chi connectivity index (χ1v) is 7.15. The molecular weight excluding hydrogens is 343 g/mol. The minimum absolute atomic E-state index is 0.101. The molecular formula is C12H13Cl3N2O4. The summed E-state index contributed by atoms with van der Waals surface area (Å²) in [4.78, 5) is 21.9. The van der Waals surface area contributed by atoms with Gasteiger partial charge < -0.3 is 10.1 Å². The van der Waals surface area contributed by atoms with E-state index in [0.29, 0.717) is 6.42 Å². The number of carbonyl (C=O) groups is 1. The molecule has 0 bridgehead atoms. The van der Waals surface area contributed by atoms with E-state index in [1.54, 1.807) is 0 Å². The molecule has 0 fully saturated rings. The predicted octanol–water partition coefficient (Wildman–Crippen LogP) is 3.59. The van der Waals surface area contributed by atoms with Crippen molar-refractivity contribution in [1.29, 1.82) is 0 Å². The normalized spacial score (nSPS) is 12.6. The summed E-state index contributed by atoms with van der Waals surface area (Å²) in [6.45, 7) is 1.81. The highest BCUT2D eigenvalue weighted by molar-refractivity contribution is 6.68. The molecule has 0 aliphatic heterocycles. The van der Waals surface area contributed by atoms with Gasteiger partial charge in [-0.05, 0) is 12.5 Å². The van der Waals surface area contributed by atoms with E-state index in [-0.39, 0.29) is 23.8 Å². The summed E-state index contributed by atoms with van der Waals surface area (Å²) in [5.41, 5.74) is -0.290. The monoisotopic (exact) mass is 354 g/mol. The van der Waals surface area contributed by atoms with Gasteiger partial charge in [-0.2, -0.15) is 0 Å². The number of benzene rings is 1. The fourth-order valence-electron chi connectivity index (χ4n) is 1.46. The van der Waals surface area contributed by atoms with Crippen molar-refractivity contribution in [3.8, 4) is 5.75 Å². The van der Waals surface area contributed by atoms with Gasteiger partial charge >= 0.3 is 5.69 Å². The van der Waals surface area contributed by atoms with Gasteiger partial charge in [0.1, 0.15) is 0 Å². The Bertz CT molecular complexity index is 519. The third-order valence-corrected chi connectivity index (χ3v) is 2.97. The molecule has 1 rings (SSSR count). The largest absolute Gasteiger partial charge is 0.459 e. The molecule has 116 valence electrons. The van der Waals surface area contributed by atoms with Crippen molar-refractivity contribution in [2.24, 2.45) is 0 Å². The Morgan fingerprint density at radius 2 is 2.05 bits per heavy atom. The lowest BCUT2D eigenvalue weighted by Crippen LogP contribution is -2.47. The number of rotatable bonds is 6. The third kappa shape index (κ3) is 5.57. The first kappa shape index (κ1) is 17.8. The second-order valence-corrected chi connectivity index (χ2v) is 6.45. The zero-order valence-corrected chi connectivity index (χ0v) is 13.3. The highest BCUT2D eigenvalue weighted by Crippen LogP contribution is 2.34. The first-order valence-electron chi connectivity index (χ1n) is 6.02. The van der Waals surface area contributed by atoms with Crippen LogP contribution in [0.25, 0.3) is 0 Å². The smallest absolute Gasteiger partial charge is 0.311 e. The molecule has 6 nitrogen and oxygen atoms in total. The van der Waals surface area contributed by atoms with Crippen LogP contribution in [0.3, 0.4) is 0 Å². The topological polar surface area (TPSA) is 81.5 Å². The Labute approximate surface area is 136 Å². The van der Waals surface area contributed by atoms with E-state index in [2.05, 4.69) is 5.32 Å². The maximum atomic E-state index is 11.6. The van der Waals surface area contributed by atoms with Gasteiger partial charge in [0.15, 0.2) is 5.75 Å². The molecule has 0 aliphatic carbocycles. The fourth-order valence-corrected chi connectivity index (χ4v) is 1.76. The lowest BCUT2D eigenvalue weighted by molar-refractivity contribution is -0.386. The number of nitro benzene ring substituents is 1. The summed E-state index contributed by atoms with van der Waals surface area (Å²) in [5, 5.41) is 13.3. The van der Waals surface area contributed by atoms with Gasteiger partial charge in [-0.1, -0.05) is 53.9 Å². The molecule has 0 spiro atoms. The van der Waals surface area contributed by atoms with Crippen LogP contribution in [0.5, 0.6) is 5.75 Å². The van der Waals surface area contributed by atoms with Crippen LogP contribution in [0.15, 0.2) is 24.3 Å². The number of para-hydroxylation sites is 2. The number of halogens is 3. The van der Waals surface area contributed by atoms with Crippen molar-refractivity contribution in [1.82, 2.24) is 5.32 Å². The second-order valence-electron chi connectivity index (χ2n) is 4.08. The lowest BCUT2D eigenvalue weighted by atomic mass is 10.3. The molecule has 1 aromatic carbocycles. The molecule has 0 saturated heterocycles. The van der Waals surface area contributed by atoms with Gasteiger partial charge in [-0.3, -0.25) is 14.9 Å². The van der Waals surface area contributed by atoms with Gasteiger partial charge in [0.05, 0.1) is 4.92 Å². The van der Waals surface area contributed by atoms with E-state index in [9.17, 15) is 14.9 Å². The highest BCUT2D eigenvalue weighted by atomic mass is 35.6. The Morgan fingerprint density at radius 1 is 1.43 bits per heavy atom. The molecule has 0 heterocycles. The van der Waals surface area contributed by atoms with Crippen LogP contribution < -0.4 is 10.1 Å². The Morgan fingerprint density at radius 3 is 2.57 bits per heavy atom. The van der Waals surface area contributed by atoms with Crippen molar-refractivity contribution in [2.45, 2.75) is 29.8 Å². The summed E-state index contributed by atoms with van der Waals surface area (Å²) in [6, 6.07) is 5.61. The minimum atomic E-state index is -1.98. The summed E-state index contributed by atoms with van der Waals surface area (Å²) in [5.74, 6) is -0.483. The van der Waals surface area contributed by atoms with E-state index in [1.807, 2.05) is 6.92 Å². The highest BCUT2D eigenvalue weighted by Gasteiger charge is 2.37. The number of nitrogens with zero attached hydrogens (tertiary/aromatic N) is 1. The standard InChI is InChI=1S/C12H13Cl3N2O4/c1-2-5-10(18)16-11(12(13,14)15)21-9-7-4-3-6-8(9)17(19)20/h3-4,6-7,11H,2,5H2,1H3,(H,16,18)/t11-/m1/s1. The SMILES string of the molecule is CCCC(=O)N[C@H](Oc1ccccc1[N+](=O)[O-])C(Cl)(Cl)Cl. The number of amides is 1. The zero-order chi connectivity index (χ0) is 16.0. The summed E-state index contributed by atoms with van der Waals surface area (Å²) < 4.78 is 3.34. The number of hydrogen-bond acceptors (Lipinski definition) is 4. The van der Waals surface area contributed by atoms with Crippen LogP contribution in [0.2, 0.25) is 0 Å². The van der Waals surface area contributed by atoms with E-state index in [0.717, 1.165) is 0 Å². The summed E-state index contributed by atoms with van der Waals surface area (Å²) in [6.07, 6.45) is -0.524. The van der Waals surface area contributed by atoms with Crippen molar-refractivity contribution in [2.75, 3.05) is 0 Å². The molecule has 0 radical (unpaired) electrons. The van der Waals surface area contributed by atoms with E-state index in [4.69, 9.17) is 39.5 Å². The molecule has 0 saturated carbocycles. The van der Waals surface area contributed by atoms with Crippen molar-refractivity contribution < 1.29 is 14.5 Å². The van der Waals surface area contributed by atoms with E-state index >= 15 is 0 Å². The van der Waals surface area contributed by atoms with Crippen molar-refractivity contribution >= 4 is 46.4 Å². The number of hydrogen-bond donors (Lipinski definition) is 1. The molecule has 0 unspecified atom stereocenters. The maximum absolute atomic E-state index is 11.6. The second kappa shape index (κ2) is 7.68. The number of carbonyl (C=O) groups excluding carboxylic acids is 1. The Balaban J connectivity index is 2.97. The summed E-state index contributed by atoms with van der Waals surface area (Å²) >= 11 is 17.2. The molecule has 0 aromatic heterocycles. The number of nitrogens with one attached hydrogen (secondary N) is 1. The van der Waals surface area contributed by atoms with Gasteiger partial charge in [0.25, 0.3) is 0 Å². The van der Waals surface area contributed by atoms with Gasteiger partial charge in [-0.15, -0.1) is 0 Å². The van der Waals surface area contributed by atoms with Crippen LogP contribution in [0, 0.1) is 10.1 Å². The molecule has 21 heavy (non-hydrogen) atoms. The van der Waals surface area contributed by atoms with Gasteiger partial charge in [0, 0.05) is 12.5 Å². The van der Waals surface area contributed by atoms with Crippen molar-refractivity contribution in [3.05, 3.63) is 34.4 Å². The zero-order valence-electron chi connectivity index (χ0n) is 11.0. The average Bonchev–Trinajstić information content (AvgIpc) is 2.37. The fraction of sp³-hybridized carbons (Fsp3) is 0.417. The number of nitro groups is 1. The van der Waals surface area contributed by atoms with Gasteiger partial charge in [0.2, 0.25) is 15.9 Å². The maximum Gasteiger partial charge on any atom is 0.311 e. The average molecular weight is 356 g/mol. The first-order chi connectivity index (χ1) is 9.75. The predicted molar refractivity (Wildman–Crippen MR) is 80.9 cm³/mol. The van der Waals surface area contributed by atoms with Crippen LogP contribution in [-0.4, -0.2) is 20.9 Å². The third-order valence-electron chi connectivity index (χ3n) is 2.37. The molecule has 1 amide bonds. The Hall–Kier alpha value is -1.24. The van der Waals surface area contributed by atoms with Crippen LogP contribution in [0.1, 0.15) is 19.8 Å². The molecule has 1 N–H and O–H groups in total. The molecule has 1 atom stereocenters. The minimum Gasteiger partial charge on any atom is -0.459 e. The molecule has 0 aliphatic rings. The van der Waals surface area contributed by atoms with Crippen molar-refractivity contribution in [3.63, 3.8) is 0 Å². The number of alkyl halides is 3. The van der Waals surface area contributed by atoms with Crippen LogP contribution >= 0.6 is 34.8 Å². The molecule has 1 aromatic rings.